The molecule has 138 valence electrons. The van der Waals surface area contributed by atoms with Gasteiger partial charge in [-0.3, -0.25) is 4.79 Å². The van der Waals surface area contributed by atoms with Crippen LogP contribution in [0.15, 0.2) is 48.5 Å². The summed E-state index contributed by atoms with van der Waals surface area (Å²) in [5, 5.41) is 11.5. The summed E-state index contributed by atoms with van der Waals surface area (Å²) in [6, 6.07) is 13.3. The van der Waals surface area contributed by atoms with Crippen molar-refractivity contribution in [2.45, 2.75) is 26.3 Å². The number of carboxylic acids is 1. The molecule has 2 aromatic carbocycles. The second-order valence-corrected chi connectivity index (χ2v) is 6.12. The normalized spacial score (nSPS) is 11.6. The first-order valence-corrected chi connectivity index (χ1v) is 8.39. The van der Waals surface area contributed by atoms with Crippen LogP contribution in [0.5, 0.6) is 5.75 Å². The maximum Gasteiger partial charge on any atom is 0.341 e. The molecule has 5 nitrogen and oxygen atoms in total. The predicted octanol–water partition coefficient (Wildman–Crippen LogP) is 3.17. The van der Waals surface area contributed by atoms with Gasteiger partial charge in [-0.2, -0.15) is 0 Å². The third-order valence-electron chi connectivity index (χ3n) is 3.93. The molecule has 0 fully saturated rings. The third-order valence-corrected chi connectivity index (χ3v) is 3.93. The number of ether oxygens (including phenoxy) is 1. The van der Waals surface area contributed by atoms with Crippen molar-refractivity contribution in [1.82, 2.24) is 5.32 Å². The topological polar surface area (TPSA) is 75.6 Å². The lowest BCUT2D eigenvalue weighted by atomic mass is 10.00. The summed E-state index contributed by atoms with van der Waals surface area (Å²) in [5.41, 5.74) is 1.69. The van der Waals surface area contributed by atoms with Gasteiger partial charge in [-0.25, -0.2) is 9.18 Å². The van der Waals surface area contributed by atoms with E-state index in [9.17, 15) is 14.0 Å². The summed E-state index contributed by atoms with van der Waals surface area (Å²) in [6.07, 6.45) is 1.25. The van der Waals surface area contributed by atoms with E-state index in [4.69, 9.17) is 9.84 Å². The van der Waals surface area contributed by atoms with Crippen LogP contribution in [-0.2, 0) is 22.6 Å². The average Bonchev–Trinajstić information content (AvgIpc) is 2.63. The highest BCUT2D eigenvalue weighted by Gasteiger charge is 2.13. The van der Waals surface area contributed by atoms with Gasteiger partial charge in [0, 0.05) is 12.5 Å². The van der Waals surface area contributed by atoms with Crippen LogP contribution in [0.4, 0.5) is 4.39 Å². The number of benzene rings is 2. The number of hydrogen-bond donors (Lipinski definition) is 2. The summed E-state index contributed by atoms with van der Waals surface area (Å²) < 4.78 is 18.3. The van der Waals surface area contributed by atoms with Crippen molar-refractivity contribution in [2.24, 2.45) is 5.92 Å². The van der Waals surface area contributed by atoms with Gasteiger partial charge >= 0.3 is 5.97 Å². The molecule has 0 heterocycles. The van der Waals surface area contributed by atoms with E-state index in [-0.39, 0.29) is 17.6 Å². The van der Waals surface area contributed by atoms with Crippen LogP contribution < -0.4 is 10.1 Å². The summed E-state index contributed by atoms with van der Waals surface area (Å²) in [4.78, 5) is 22.7. The fraction of sp³-hybridized carbons (Fsp3) is 0.300. The second-order valence-electron chi connectivity index (χ2n) is 6.12. The van der Waals surface area contributed by atoms with Crippen LogP contribution in [0.25, 0.3) is 0 Å². The number of amides is 1. The minimum Gasteiger partial charge on any atom is -0.482 e. The fourth-order valence-electron chi connectivity index (χ4n) is 2.46. The Hall–Kier alpha value is -2.89. The Bertz CT molecular complexity index is 763. The van der Waals surface area contributed by atoms with E-state index in [1.165, 1.54) is 12.1 Å². The van der Waals surface area contributed by atoms with Crippen LogP contribution in [0, 0.1) is 11.7 Å². The lowest BCUT2D eigenvalue weighted by Gasteiger charge is -2.13. The molecule has 0 unspecified atom stereocenters. The van der Waals surface area contributed by atoms with Gasteiger partial charge in [-0.05, 0) is 48.2 Å². The highest BCUT2D eigenvalue weighted by molar-refractivity contribution is 5.78. The minimum atomic E-state index is -1.05. The number of aliphatic carboxylic acids is 1. The first-order valence-electron chi connectivity index (χ1n) is 8.39. The highest BCUT2D eigenvalue weighted by Crippen LogP contribution is 2.14. The molecule has 0 spiro atoms. The van der Waals surface area contributed by atoms with Crippen LogP contribution in [0.1, 0.15) is 24.5 Å². The molecule has 0 aliphatic rings. The monoisotopic (exact) mass is 359 g/mol. The van der Waals surface area contributed by atoms with E-state index in [1.54, 1.807) is 24.3 Å². The molecular weight excluding hydrogens is 337 g/mol. The summed E-state index contributed by atoms with van der Waals surface area (Å²) >= 11 is 0. The molecule has 1 amide bonds. The lowest BCUT2D eigenvalue weighted by molar-refractivity contribution is -0.139. The molecule has 0 saturated heterocycles. The third kappa shape index (κ3) is 6.55. The second kappa shape index (κ2) is 9.56. The van der Waals surface area contributed by atoms with E-state index in [0.29, 0.717) is 25.1 Å². The van der Waals surface area contributed by atoms with E-state index >= 15 is 0 Å². The van der Waals surface area contributed by atoms with Gasteiger partial charge in [0.05, 0.1) is 0 Å². The average molecular weight is 359 g/mol. The van der Waals surface area contributed by atoms with Gasteiger partial charge in [0.2, 0.25) is 5.91 Å². The number of aryl methyl sites for hydroxylation is 1. The maximum atomic E-state index is 13.2. The van der Waals surface area contributed by atoms with Gasteiger partial charge in [0.15, 0.2) is 6.61 Å². The standard InChI is InChI=1S/C20H22FNO4/c1-14(8-9-15-4-2-6-17(21)10-15)20(25)22-12-16-5-3-7-18(11-16)26-13-19(23)24/h2-7,10-11,14H,8-9,12-13H2,1H3,(H,22,25)(H,23,24)/t14-/m1/s1. The quantitative estimate of drug-likeness (QED) is 0.721. The van der Waals surface area contributed by atoms with Crippen LogP contribution in [0.2, 0.25) is 0 Å². The number of carbonyl (C=O) groups is 2. The van der Waals surface area contributed by atoms with Crippen molar-refractivity contribution in [1.29, 1.82) is 0 Å². The van der Waals surface area contributed by atoms with E-state index < -0.39 is 12.6 Å². The van der Waals surface area contributed by atoms with Gasteiger partial charge < -0.3 is 15.2 Å². The highest BCUT2D eigenvalue weighted by atomic mass is 19.1. The molecule has 2 aromatic rings. The SMILES string of the molecule is C[C@H](CCc1cccc(F)c1)C(=O)NCc1cccc(OCC(=O)O)c1. The minimum absolute atomic E-state index is 0.0849. The van der Waals surface area contributed by atoms with Crippen molar-refractivity contribution in [3.8, 4) is 5.75 Å². The molecule has 2 rings (SSSR count). The molecule has 6 heteroatoms. The van der Waals surface area contributed by atoms with Crippen molar-refractivity contribution in [3.05, 3.63) is 65.5 Å². The van der Waals surface area contributed by atoms with Gasteiger partial charge in [-0.1, -0.05) is 31.2 Å². The molecule has 0 saturated carbocycles. The molecular formula is C20H22FNO4. The van der Waals surface area contributed by atoms with E-state index in [2.05, 4.69) is 5.32 Å². The fourth-order valence-corrected chi connectivity index (χ4v) is 2.46. The number of hydrogen-bond acceptors (Lipinski definition) is 3. The zero-order valence-corrected chi connectivity index (χ0v) is 14.6. The summed E-state index contributed by atoms with van der Waals surface area (Å²) in [5.74, 6) is -1.17. The number of carbonyl (C=O) groups excluding carboxylic acids is 1. The van der Waals surface area contributed by atoms with Gasteiger partial charge in [0.1, 0.15) is 11.6 Å². The molecule has 0 aliphatic heterocycles. The number of rotatable bonds is 9. The van der Waals surface area contributed by atoms with Crippen LogP contribution >= 0.6 is 0 Å². The lowest BCUT2D eigenvalue weighted by Crippen LogP contribution is -2.29. The van der Waals surface area contributed by atoms with Gasteiger partial charge in [-0.15, -0.1) is 0 Å². The zero-order valence-electron chi connectivity index (χ0n) is 14.6. The Balaban J connectivity index is 1.80. The van der Waals surface area contributed by atoms with Crippen molar-refractivity contribution in [3.63, 3.8) is 0 Å². The molecule has 0 radical (unpaired) electrons. The summed E-state index contributed by atoms with van der Waals surface area (Å²) in [6.45, 7) is 1.75. The molecule has 26 heavy (non-hydrogen) atoms. The first-order chi connectivity index (χ1) is 12.4. The first kappa shape index (κ1) is 19.4. The molecule has 0 aromatic heterocycles. The molecule has 1 atom stereocenters. The Morgan fingerprint density at radius 3 is 2.62 bits per heavy atom. The Labute approximate surface area is 151 Å². The number of carboxylic acid groups (broad SMARTS) is 1. The van der Waals surface area contributed by atoms with Crippen LogP contribution in [0.3, 0.4) is 0 Å². The van der Waals surface area contributed by atoms with Crippen molar-refractivity contribution in [2.75, 3.05) is 6.61 Å². The number of nitrogens with one attached hydrogen (secondary N) is 1. The maximum absolute atomic E-state index is 13.2. The predicted molar refractivity (Wildman–Crippen MR) is 95.3 cm³/mol. The van der Waals surface area contributed by atoms with E-state index in [1.807, 2.05) is 19.1 Å². The van der Waals surface area contributed by atoms with E-state index in [0.717, 1.165) is 11.1 Å². The van der Waals surface area contributed by atoms with Crippen molar-refractivity contribution < 1.29 is 23.8 Å². The molecule has 0 bridgehead atoms. The Morgan fingerprint density at radius 2 is 1.88 bits per heavy atom. The smallest absolute Gasteiger partial charge is 0.341 e. The zero-order chi connectivity index (χ0) is 18.9. The largest absolute Gasteiger partial charge is 0.482 e. The van der Waals surface area contributed by atoms with Crippen molar-refractivity contribution >= 4 is 11.9 Å². The molecule has 2 N–H and O–H groups in total. The van der Waals surface area contributed by atoms with Gasteiger partial charge in [0.25, 0.3) is 0 Å². The summed E-state index contributed by atoms with van der Waals surface area (Å²) in [7, 11) is 0. The Morgan fingerprint density at radius 1 is 1.15 bits per heavy atom. The number of halogens is 1. The Kier molecular flexibility index (Phi) is 7.14. The van der Waals surface area contributed by atoms with Crippen LogP contribution in [-0.4, -0.2) is 23.6 Å². The molecule has 0 aliphatic carbocycles.